The topological polar surface area (TPSA) is 132 Å². The maximum atomic E-state index is 5.99. The summed E-state index contributed by atoms with van der Waals surface area (Å²) in [6.07, 6.45) is 4.32. The number of nitrogen functional groups attached to an aromatic ring is 2. The lowest BCUT2D eigenvalue weighted by molar-refractivity contribution is 0.205. The fourth-order valence-corrected chi connectivity index (χ4v) is 3.97. The fourth-order valence-electron chi connectivity index (χ4n) is 2.89. The molecule has 0 atom stereocenters. The minimum atomic E-state index is 0.158. The van der Waals surface area contributed by atoms with Gasteiger partial charge in [0.25, 0.3) is 0 Å². The Hall–Kier alpha value is -2.72. The number of nitrogens with two attached hydrogens (primary N) is 2. The van der Waals surface area contributed by atoms with Gasteiger partial charge in [0.15, 0.2) is 0 Å². The van der Waals surface area contributed by atoms with Crippen LogP contribution in [-0.4, -0.2) is 52.0 Å². The van der Waals surface area contributed by atoms with Gasteiger partial charge in [0.05, 0.1) is 29.6 Å². The highest BCUT2D eigenvalue weighted by Crippen LogP contribution is 2.40. The molecule has 3 aromatic heterocycles. The summed E-state index contributed by atoms with van der Waals surface area (Å²) in [5, 5.41) is 8.08. The number of nitrogens with one attached hydrogen (secondary N) is 1. The summed E-state index contributed by atoms with van der Waals surface area (Å²) in [6, 6.07) is 0. The smallest absolute Gasteiger partial charge is 0.221 e. The van der Waals surface area contributed by atoms with E-state index in [1.54, 1.807) is 24.6 Å². The molecule has 1 aliphatic heterocycles. The predicted molar refractivity (Wildman–Crippen MR) is 97.3 cm³/mol. The molecule has 25 heavy (non-hydrogen) atoms. The van der Waals surface area contributed by atoms with Gasteiger partial charge in [-0.05, 0) is 0 Å². The van der Waals surface area contributed by atoms with Crippen LogP contribution in [0.1, 0.15) is 4.88 Å². The SMILES string of the molecule is COCCN1CCc2sc(-c3cnc(N)nc3N)nc2-c2cn[nH]c21. The monoisotopic (exact) mass is 358 g/mol. The van der Waals surface area contributed by atoms with E-state index in [0.29, 0.717) is 18.0 Å². The van der Waals surface area contributed by atoms with E-state index in [2.05, 4.69) is 25.1 Å². The van der Waals surface area contributed by atoms with Gasteiger partial charge in [-0.25, -0.2) is 9.97 Å². The number of H-pyrrole nitrogens is 1. The van der Waals surface area contributed by atoms with Gasteiger partial charge in [0.2, 0.25) is 5.95 Å². The number of thiazole rings is 1. The van der Waals surface area contributed by atoms with Crippen molar-refractivity contribution in [1.29, 1.82) is 0 Å². The highest BCUT2D eigenvalue weighted by atomic mass is 32.1. The maximum absolute atomic E-state index is 5.99. The third kappa shape index (κ3) is 2.79. The molecule has 4 heterocycles. The Labute approximate surface area is 148 Å². The van der Waals surface area contributed by atoms with Crippen molar-refractivity contribution in [2.45, 2.75) is 6.42 Å². The van der Waals surface area contributed by atoms with Gasteiger partial charge in [0.1, 0.15) is 16.6 Å². The molecule has 0 aromatic carbocycles. The highest BCUT2D eigenvalue weighted by molar-refractivity contribution is 7.15. The molecule has 3 aromatic rings. The first-order valence-corrected chi connectivity index (χ1v) is 8.64. The van der Waals surface area contributed by atoms with E-state index in [1.807, 2.05) is 6.20 Å². The summed E-state index contributed by atoms with van der Waals surface area (Å²) < 4.78 is 5.21. The minimum absolute atomic E-state index is 0.158. The molecule has 0 spiro atoms. The van der Waals surface area contributed by atoms with E-state index in [9.17, 15) is 0 Å². The molecule has 0 fully saturated rings. The fraction of sp³-hybridized carbons (Fsp3) is 0.333. The van der Waals surface area contributed by atoms with Crippen LogP contribution in [0.3, 0.4) is 0 Å². The van der Waals surface area contributed by atoms with Crippen LogP contribution in [0.15, 0.2) is 12.4 Å². The van der Waals surface area contributed by atoms with E-state index in [0.717, 1.165) is 41.6 Å². The van der Waals surface area contributed by atoms with Gasteiger partial charge < -0.3 is 21.1 Å². The van der Waals surface area contributed by atoms with E-state index in [1.165, 1.54) is 4.88 Å². The van der Waals surface area contributed by atoms with Crippen molar-refractivity contribution in [2.24, 2.45) is 0 Å². The van der Waals surface area contributed by atoms with Crippen LogP contribution in [0.5, 0.6) is 0 Å². The van der Waals surface area contributed by atoms with Crippen LogP contribution in [0.4, 0.5) is 17.6 Å². The van der Waals surface area contributed by atoms with Gasteiger partial charge in [-0.2, -0.15) is 10.1 Å². The number of fused-ring (bicyclic) bond motifs is 3. The van der Waals surface area contributed by atoms with Crippen molar-refractivity contribution in [2.75, 3.05) is 43.2 Å². The summed E-state index contributed by atoms with van der Waals surface area (Å²) in [4.78, 5) is 16.3. The number of nitrogens with zero attached hydrogens (tertiary/aromatic N) is 5. The first-order valence-electron chi connectivity index (χ1n) is 7.83. The average molecular weight is 358 g/mol. The number of anilines is 3. The van der Waals surface area contributed by atoms with Crippen LogP contribution in [0.2, 0.25) is 0 Å². The largest absolute Gasteiger partial charge is 0.383 e. The van der Waals surface area contributed by atoms with Crippen LogP contribution in [-0.2, 0) is 11.2 Å². The summed E-state index contributed by atoms with van der Waals surface area (Å²) in [5.74, 6) is 1.46. The molecule has 9 nitrogen and oxygen atoms in total. The molecule has 10 heteroatoms. The number of hydrogen-bond acceptors (Lipinski definition) is 9. The molecule has 0 saturated carbocycles. The zero-order valence-electron chi connectivity index (χ0n) is 13.7. The summed E-state index contributed by atoms with van der Waals surface area (Å²) in [7, 11) is 1.70. The van der Waals surface area contributed by atoms with Crippen molar-refractivity contribution in [3.8, 4) is 21.8 Å². The number of aromatic nitrogens is 5. The first kappa shape index (κ1) is 15.8. The molecular weight excluding hydrogens is 340 g/mol. The van der Waals surface area contributed by atoms with Crippen molar-refractivity contribution in [1.82, 2.24) is 25.1 Å². The number of ether oxygens (including phenoxy) is 1. The standard InChI is InChI=1S/C15H18N8OS/c1-24-5-4-23-3-2-10-11(8-7-19-22-13(8)23)20-14(25-10)9-6-18-15(17)21-12(9)16/h6-7H,2-5H2,1H3,(H,19,22)(H4,16,17,18,21). The van der Waals surface area contributed by atoms with Crippen LogP contribution < -0.4 is 16.4 Å². The van der Waals surface area contributed by atoms with Crippen molar-refractivity contribution < 1.29 is 4.74 Å². The average Bonchev–Trinajstić information content (AvgIpc) is 3.19. The molecule has 1 aliphatic rings. The first-order chi connectivity index (χ1) is 12.2. The molecule has 5 N–H and O–H groups in total. The molecule has 0 bridgehead atoms. The Kier molecular flexibility index (Phi) is 3.98. The van der Waals surface area contributed by atoms with Crippen molar-refractivity contribution in [3.05, 3.63) is 17.3 Å². The molecule has 130 valence electrons. The zero-order chi connectivity index (χ0) is 17.4. The lowest BCUT2D eigenvalue weighted by atomic mass is 10.2. The second-order valence-corrected chi connectivity index (χ2v) is 6.76. The molecule has 4 rings (SSSR count). The Morgan fingerprint density at radius 3 is 2.96 bits per heavy atom. The minimum Gasteiger partial charge on any atom is -0.383 e. The van der Waals surface area contributed by atoms with Gasteiger partial charge in [-0.3, -0.25) is 5.10 Å². The van der Waals surface area contributed by atoms with Gasteiger partial charge in [0, 0.05) is 37.7 Å². The Morgan fingerprint density at radius 1 is 1.28 bits per heavy atom. The van der Waals surface area contributed by atoms with Gasteiger partial charge in [-0.1, -0.05) is 0 Å². The maximum Gasteiger partial charge on any atom is 0.221 e. The van der Waals surface area contributed by atoms with Crippen LogP contribution in [0.25, 0.3) is 21.8 Å². The zero-order valence-corrected chi connectivity index (χ0v) is 14.5. The molecule has 0 aliphatic carbocycles. The van der Waals surface area contributed by atoms with E-state index >= 15 is 0 Å². The van der Waals surface area contributed by atoms with E-state index < -0.39 is 0 Å². The van der Waals surface area contributed by atoms with E-state index in [4.69, 9.17) is 21.2 Å². The van der Waals surface area contributed by atoms with Crippen molar-refractivity contribution in [3.63, 3.8) is 0 Å². The molecule has 0 saturated heterocycles. The molecule has 0 unspecified atom stereocenters. The van der Waals surface area contributed by atoms with Crippen LogP contribution >= 0.6 is 11.3 Å². The Bertz CT molecular complexity index is 905. The number of methoxy groups -OCH3 is 1. The van der Waals surface area contributed by atoms with E-state index in [-0.39, 0.29) is 5.95 Å². The predicted octanol–water partition coefficient (Wildman–Crippen LogP) is 1.16. The van der Waals surface area contributed by atoms with Crippen LogP contribution in [0, 0.1) is 0 Å². The van der Waals surface area contributed by atoms with Gasteiger partial charge in [-0.15, -0.1) is 11.3 Å². The van der Waals surface area contributed by atoms with Crippen molar-refractivity contribution >= 4 is 28.9 Å². The highest BCUT2D eigenvalue weighted by Gasteiger charge is 2.26. The Balaban J connectivity index is 1.75. The summed E-state index contributed by atoms with van der Waals surface area (Å²) >= 11 is 1.60. The lowest BCUT2D eigenvalue weighted by Crippen LogP contribution is -2.29. The third-order valence-electron chi connectivity index (χ3n) is 4.13. The quantitative estimate of drug-likeness (QED) is 0.633. The number of aromatic amines is 1. The number of hydrogen-bond donors (Lipinski definition) is 3. The summed E-state index contributed by atoms with van der Waals surface area (Å²) in [6.45, 7) is 2.32. The Morgan fingerprint density at radius 2 is 2.16 bits per heavy atom. The molecular formula is C15H18N8OS. The number of rotatable bonds is 4. The third-order valence-corrected chi connectivity index (χ3v) is 5.28. The lowest BCUT2D eigenvalue weighted by Gasteiger charge is -2.21. The molecule has 0 amide bonds. The van der Waals surface area contributed by atoms with Gasteiger partial charge >= 0.3 is 0 Å². The second kappa shape index (κ2) is 6.30. The normalized spacial score (nSPS) is 13.4. The second-order valence-electron chi connectivity index (χ2n) is 5.68. The molecule has 0 radical (unpaired) electrons. The summed E-state index contributed by atoms with van der Waals surface area (Å²) in [5.41, 5.74) is 14.2.